The largest absolute Gasteiger partial charge is 0.467 e. The molecule has 1 N–H and O–H groups in total. The molecule has 0 fully saturated rings. The number of hydrogen-bond acceptors (Lipinski definition) is 8. The minimum absolute atomic E-state index is 0.121. The fourth-order valence-corrected chi connectivity index (χ4v) is 3.18. The number of methoxy groups -OCH3 is 2. The number of para-hydroxylation sites is 1. The third-order valence-corrected chi connectivity index (χ3v) is 5.16. The number of halogens is 3. The summed E-state index contributed by atoms with van der Waals surface area (Å²) in [6, 6.07) is 3.65. The van der Waals surface area contributed by atoms with Crippen molar-refractivity contribution in [3.8, 4) is 12.0 Å². The van der Waals surface area contributed by atoms with Gasteiger partial charge in [0.15, 0.2) is 5.82 Å². The van der Waals surface area contributed by atoms with Crippen LogP contribution < -0.4 is 13.8 Å². The van der Waals surface area contributed by atoms with Crippen LogP contribution in [-0.2, 0) is 10.0 Å². The summed E-state index contributed by atoms with van der Waals surface area (Å²) in [5.41, 5.74) is -0.463. The van der Waals surface area contributed by atoms with E-state index in [4.69, 9.17) is 21.1 Å². The number of anilines is 1. The Morgan fingerprint density at radius 1 is 1.15 bits per heavy atom. The number of rotatable bonds is 7. The average Bonchev–Trinajstić information content (AvgIpc) is 2.65. The minimum atomic E-state index is -5.01. The van der Waals surface area contributed by atoms with Gasteiger partial charge in [0.25, 0.3) is 10.0 Å². The lowest BCUT2D eigenvalue weighted by atomic mass is 10.1. The van der Waals surface area contributed by atoms with E-state index in [9.17, 15) is 22.3 Å². The van der Waals surface area contributed by atoms with Crippen molar-refractivity contribution < 1.29 is 31.8 Å². The molecule has 9 nitrogen and oxygen atoms in total. The predicted octanol–water partition coefficient (Wildman–Crippen LogP) is 1.61. The smallest absolute Gasteiger partial charge is 0.355 e. The number of hydrogen-bond donors (Lipinski definition) is 1. The topological polar surface area (TPSA) is 115 Å². The van der Waals surface area contributed by atoms with Crippen molar-refractivity contribution in [2.75, 3.05) is 25.6 Å². The van der Waals surface area contributed by atoms with E-state index < -0.39 is 21.9 Å². The molecule has 0 radical (unpaired) electrons. The second-order valence-corrected chi connectivity index (χ2v) is 7.36. The number of alkyl halides is 2. The first-order valence-corrected chi connectivity index (χ1v) is 9.07. The summed E-state index contributed by atoms with van der Waals surface area (Å²) in [6.07, 6.45) is -1.64. The summed E-state index contributed by atoms with van der Waals surface area (Å²) in [4.78, 5) is 11.5. The van der Waals surface area contributed by atoms with E-state index in [0.717, 1.165) is 7.05 Å². The first-order valence-electron chi connectivity index (χ1n) is 7.19. The van der Waals surface area contributed by atoms with E-state index in [2.05, 4.69) is 15.0 Å². The number of ether oxygens (including phenoxy) is 2. The molecular weight excluding hydrogens is 410 g/mol. The Morgan fingerprint density at radius 3 is 2.19 bits per heavy atom. The highest BCUT2D eigenvalue weighted by molar-refractivity contribution is 7.93. The lowest BCUT2D eigenvalue weighted by molar-refractivity contribution is 0.204. The van der Waals surface area contributed by atoms with E-state index in [-0.39, 0.29) is 34.1 Å². The van der Waals surface area contributed by atoms with Crippen LogP contribution in [0.2, 0.25) is 5.02 Å². The van der Waals surface area contributed by atoms with Gasteiger partial charge in [-0.2, -0.15) is 18.7 Å². The molecule has 1 unspecified atom stereocenters. The van der Waals surface area contributed by atoms with E-state index in [1.54, 1.807) is 0 Å². The van der Waals surface area contributed by atoms with Gasteiger partial charge >= 0.3 is 17.8 Å². The van der Waals surface area contributed by atoms with Crippen molar-refractivity contribution in [3.63, 3.8) is 0 Å². The van der Waals surface area contributed by atoms with Gasteiger partial charge in [-0.25, -0.2) is 8.42 Å². The van der Waals surface area contributed by atoms with E-state index in [1.807, 2.05) is 0 Å². The second-order valence-electron chi connectivity index (χ2n) is 5.02. The fraction of sp³-hybridized carbons (Fsp3) is 0.357. The Morgan fingerprint density at radius 2 is 1.70 bits per heavy atom. The van der Waals surface area contributed by atoms with E-state index in [1.165, 1.54) is 32.4 Å². The molecule has 1 aromatic carbocycles. The summed E-state index contributed by atoms with van der Waals surface area (Å²) >= 11 is 6.02. The average molecular weight is 425 g/mol. The number of sulfonamides is 1. The van der Waals surface area contributed by atoms with Crippen LogP contribution in [0.1, 0.15) is 17.5 Å². The number of aromatic nitrogens is 3. The van der Waals surface area contributed by atoms with Crippen LogP contribution in [0.25, 0.3) is 0 Å². The Kier molecular flexibility index (Phi) is 6.34. The monoisotopic (exact) mass is 424 g/mol. The van der Waals surface area contributed by atoms with Gasteiger partial charge in [-0.3, -0.25) is 4.31 Å². The molecule has 0 aliphatic heterocycles. The van der Waals surface area contributed by atoms with Crippen LogP contribution in [-0.4, -0.2) is 55.5 Å². The highest BCUT2D eigenvalue weighted by atomic mass is 35.5. The van der Waals surface area contributed by atoms with Crippen LogP contribution >= 0.6 is 11.6 Å². The normalized spacial score (nSPS) is 12.7. The third-order valence-electron chi connectivity index (χ3n) is 3.46. The Bertz CT molecular complexity index is 909. The van der Waals surface area contributed by atoms with Gasteiger partial charge in [-0.05, 0) is 6.07 Å². The molecule has 13 heteroatoms. The molecule has 1 atom stereocenters. The zero-order chi connectivity index (χ0) is 20.4. The summed E-state index contributed by atoms with van der Waals surface area (Å²) in [5, 5.41) is 10.5. The van der Waals surface area contributed by atoms with Crippen LogP contribution in [0.15, 0.2) is 18.2 Å². The van der Waals surface area contributed by atoms with Crippen molar-refractivity contribution in [3.05, 3.63) is 34.6 Å². The maximum absolute atomic E-state index is 12.9. The molecule has 0 spiro atoms. The van der Waals surface area contributed by atoms with Gasteiger partial charge in [-0.1, -0.05) is 23.7 Å². The molecule has 1 heterocycles. The van der Waals surface area contributed by atoms with Crippen LogP contribution in [0, 0.1) is 0 Å². The highest BCUT2D eigenvalue weighted by Gasteiger charge is 2.34. The molecule has 0 aliphatic carbocycles. The number of nitrogens with zero attached hydrogens (tertiary/aromatic N) is 4. The molecular formula is C14H15ClF2N4O5S. The first-order chi connectivity index (χ1) is 12.6. The van der Waals surface area contributed by atoms with Crippen molar-refractivity contribution in [2.24, 2.45) is 0 Å². The van der Waals surface area contributed by atoms with Crippen LogP contribution in [0.3, 0.4) is 0 Å². The van der Waals surface area contributed by atoms with Crippen molar-refractivity contribution in [2.45, 2.75) is 11.9 Å². The standard InChI is InChI=1S/C14H15ClF2N4O5S/c1-21(27(23,24)12(16)17)9-7(5-4-6-8(9)15)10(22)11-18-13(25-2)20-14(19-11)26-3/h4-6,10,12,22H,1-3H3. The first kappa shape index (κ1) is 21.0. The number of aliphatic hydroxyl groups excluding tert-OH is 1. The van der Waals surface area contributed by atoms with Crippen LogP contribution in [0.5, 0.6) is 12.0 Å². The van der Waals surface area contributed by atoms with Gasteiger partial charge in [0, 0.05) is 12.6 Å². The van der Waals surface area contributed by atoms with Gasteiger partial charge in [0.05, 0.1) is 24.9 Å². The molecule has 27 heavy (non-hydrogen) atoms. The SMILES string of the molecule is COc1nc(OC)nc(C(O)c2cccc(Cl)c2N(C)S(=O)(=O)C(F)F)n1. The van der Waals surface area contributed by atoms with Crippen LogP contribution in [0.4, 0.5) is 14.5 Å². The molecule has 0 saturated heterocycles. The molecule has 0 amide bonds. The van der Waals surface area contributed by atoms with Gasteiger partial charge in [-0.15, -0.1) is 4.98 Å². The fourth-order valence-electron chi connectivity index (χ4n) is 2.13. The van der Waals surface area contributed by atoms with Gasteiger partial charge in [0.2, 0.25) is 0 Å². The summed E-state index contributed by atoms with van der Waals surface area (Å²) < 4.78 is 59.6. The van der Waals surface area contributed by atoms with E-state index >= 15 is 0 Å². The molecule has 0 aliphatic rings. The predicted molar refractivity (Wildman–Crippen MR) is 91.8 cm³/mol. The number of benzene rings is 1. The molecule has 148 valence electrons. The lowest BCUT2D eigenvalue weighted by Crippen LogP contribution is -2.33. The maximum Gasteiger partial charge on any atom is 0.355 e. The molecule has 0 saturated carbocycles. The third kappa shape index (κ3) is 4.17. The van der Waals surface area contributed by atoms with Crippen molar-refractivity contribution in [1.29, 1.82) is 0 Å². The zero-order valence-corrected chi connectivity index (χ0v) is 15.9. The van der Waals surface area contributed by atoms with E-state index in [0.29, 0.717) is 4.31 Å². The molecule has 0 bridgehead atoms. The minimum Gasteiger partial charge on any atom is -0.467 e. The van der Waals surface area contributed by atoms with Crippen molar-refractivity contribution >= 4 is 27.3 Å². The zero-order valence-electron chi connectivity index (χ0n) is 14.3. The quantitative estimate of drug-likeness (QED) is 0.713. The maximum atomic E-state index is 12.9. The van der Waals surface area contributed by atoms with Crippen molar-refractivity contribution in [1.82, 2.24) is 15.0 Å². The molecule has 1 aromatic heterocycles. The second kappa shape index (κ2) is 8.15. The number of aliphatic hydroxyl groups is 1. The summed E-state index contributed by atoms with van der Waals surface area (Å²) in [5.74, 6) is -3.94. The molecule has 2 rings (SSSR count). The summed E-state index contributed by atoms with van der Waals surface area (Å²) in [7, 11) is -1.57. The Hall–Kier alpha value is -2.31. The summed E-state index contributed by atoms with van der Waals surface area (Å²) in [6.45, 7) is 0. The highest BCUT2D eigenvalue weighted by Crippen LogP contribution is 2.37. The Labute approximate surface area is 158 Å². The van der Waals surface area contributed by atoms with Gasteiger partial charge < -0.3 is 14.6 Å². The van der Waals surface area contributed by atoms with Gasteiger partial charge in [0.1, 0.15) is 6.10 Å². The Balaban J connectivity index is 2.62. The lowest BCUT2D eigenvalue weighted by Gasteiger charge is -2.24. The molecule has 2 aromatic rings.